The zero-order valence-electron chi connectivity index (χ0n) is 14.7. The molecule has 1 aromatic carbocycles. The van der Waals surface area contributed by atoms with Crippen molar-refractivity contribution in [2.75, 3.05) is 57.4 Å². The highest BCUT2D eigenvalue weighted by Crippen LogP contribution is 2.22. The van der Waals surface area contributed by atoms with Gasteiger partial charge in [-0.15, -0.1) is 0 Å². The van der Waals surface area contributed by atoms with E-state index in [1.54, 1.807) is 0 Å². The standard InChI is InChI=1S/C19H27N3O3/c23-19(20-12-18-13-22-7-1-2-17(22)14-25-18)15-3-5-16(6-4-15)21-8-10-24-11-9-21/h3-6,17-18H,1-2,7-14H2,(H,20,23)/t17-,18+/m0/s1. The zero-order valence-corrected chi connectivity index (χ0v) is 14.7. The Hall–Kier alpha value is -1.63. The number of benzene rings is 1. The van der Waals surface area contributed by atoms with Crippen LogP contribution >= 0.6 is 0 Å². The Balaban J connectivity index is 1.27. The van der Waals surface area contributed by atoms with Gasteiger partial charge in [0.25, 0.3) is 5.91 Å². The maximum Gasteiger partial charge on any atom is 0.251 e. The molecule has 0 aliphatic carbocycles. The predicted molar refractivity (Wildman–Crippen MR) is 96.1 cm³/mol. The van der Waals surface area contributed by atoms with Crippen LogP contribution in [0, 0.1) is 0 Å². The summed E-state index contributed by atoms with van der Waals surface area (Å²) in [5.41, 5.74) is 1.85. The summed E-state index contributed by atoms with van der Waals surface area (Å²) < 4.78 is 11.3. The van der Waals surface area contributed by atoms with E-state index in [0.717, 1.165) is 45.1 Å². The second kappa shape index (κ2) is 7.72. The molecule has 1 aromatic rings. The number of hydrogen-bond donors (Lipinski definition) is 1. The maximum atomic E-state index is 12.4. The molecule has 6 nitrogen and oxygen atoms in total. The van der Waals surface area contributed by atoms with Crippen molar-refractivity contribution in [3.05, 3.63) is 29.8 Å². The minimum Gasteiger partial charge on any atom is -0.378 e. The van der Waals surface area contributed by atoms with E-state index in [9.17, 15) is 4.79 Å². The third-order valence-corrected chi connectivity index (χ3v) is 5.46. The molecule has 4 rings (SSSR count). The van der Waals surface area contributed by atoms with Crippen LogP contribution in [-0.4, -0.2) is 75.5 Å². The van der Waals surface area contributed by atoms with Gasteiger partial charge in [0.2, 0.25) is 0 Å². The Morgan fingerprint density at radius 3 is 2.76 bits per heavy atom. The van der Waals surface area contributed by atoms with Gasteiger partial charge in [0.05, 0.1) is 25.9 Å². The number of amides is 1. The molecule has 136 valence electrons. The van der Waals surface area contributed by atoms with E-state index in [1.807, 2.05) is 24.3 Å². The topological polar surface area (TPSA) is 54.0 Å². The minimum absolute atomic E-state index is 0.0272. The molecule has 0 aromatic heterocycles. The van der Waals surface area contributed by atoms with Crippen molar-refractivity contribution < 1.29 is 14.3 Å². The van der Waals surface area contributed by atoms with Crippen molar-refractivity contribution in [3.63, 3.8) is 0 Å². The van der Waals surface area contributed by atoms with Crippen molar-refractivity contribution >= 4 is 11.6 Å². The van der Waals surface area contributed by atoms with Crippen LogP contribution < -0.4 is 10.2 Å². The molecule has 1 amide bonds. The van der Waals surface area contributed by atoms with Gasteiger partial charge in [-0.05, 0) is 43.7 Å². The van der Waals surface area contributed by atoms with Crippen LogP contribution in [0.4, 0.5) is 5.69 Å². The van der Waals surface area contributed by atoms with Gasteiger partial charge in [0.15, 0.2) is 0 Å². The van der Waals surface area contributed by atoms with E-state index in [0.29, 0.717) is 18.2 Å². The van der Waals surface area contributed by atoms with Gasteiger partial charge >= 0.3 is 0 Å². The van der Waals surface area contributed by atoms with Crippen LogP contribution in [0.5, 0.6) is 0 Å². The number of morpholine rings is 2. The van der Waals surface area contributed by atoms with Gasteiger partial charge in [-0.25, -0.2) is 0 Å². The average molecular weight is 345 g/mol. The number of nitrogens with one attached hydrogen (secondary N) is 1. The van der Waals surface area contributed by atoms with Crippen molar-refractivity contribution in [2.24, 2.45) is 0 Å². The molecule has 0 unspecified atom stereocenters. The van der Waals surface area contributed by atoms with Gasteiger partial charge < -0.3 is 19.7 Å². The quantitative estimate of drug-likeness (QED) is 0.886. The molecular weight excluding hydrogens is 318 g/mol. The van der Waals surface area contributed by atoms with E-state index >= 15 is 0 Å². The maximum absolute atomic E-state index is 12.4. The summed E-state index contributed by atoms with van der Waals surface area (Å²) in [5.74, 6) is -0.0272. The minimum atomic E-state index is -0.0272. The second-order valence-electron chi connectivity index (χ2n) is 7.10. The first-order valence-corrected chi connectivity index (χ1v) is 9.36. The molecule has 1 N–H and O–H groups in total. The van der Waals surface area contributed by atoms with E-state index in [4.69, 9.17) is 9.47 Å². The van der Waals surface area contributed by atoms with Crippen LogP contribution in [0.1, 0.15) is 23.2 Å². The molecule has 0 saturated carbocycles. The average Bonchev–Trinajstić information content (AvgIpc) is 3.15. The molecule has 0 spiro atoms. The Kier molecular flexibility index (Phi) is 5.20. The first-order valence-electron chi connectivity index (χ1n) is 9.36. The number of nitrogens with zero attached hydrogens (tertiary/aromatic N) is 2. The first kappa shape index (κ1) is 16.8. The SMILES string of the molecule is O=C(NC[C@@H]1CN2CCC[C@H]2CO1)c1ccc(N2CCOCC2)cc1. The highest BCUT2D eigenvalue weighted by atomic mass is 16.5. The van der Waals surface area contributed by atoms with E-state index in [-0.39, 0.29) is 12.0 Å². The lowest BCUT2D eigenvalue weighted by molar-refractivity contribution is -0.0461. The fourth-order valence-corrected chi connectivity index (χ4v) is 3.96. The zero-order chi connectivity index (χ0) is 17.1. The predicted octanol–water partition coefficient (Wildman–Crippen LogP) is 1.12. The molecule has 0 radical (unpaired) electrons. The van der Waals surface area contributed by atoms with Gasteiger partial charge in [-0.1, -0.05) is 0 Å². The molecule has 2 atom stereocenters. The lowest BCUT2D eigenvalue weighted by Crippen LogP contribution is -2.50. The summed E-state index contributed by atoms with van der Waals surface area (Å²) in [5, 5.41) is 3.02. The lowest BCUT2D eigenvalue weighted by atomic mass is 10.1. The number of carbonyl (C=O) groups excluding carboxylic acids is 1. The highest BCUT2D eigenvalue weighted by molar-refractivity contribution is 5.94. The van der Waals surface area contributed by atoms with Gasteiger partial charge in [-0.2, -0.15) is 0 Å². The number of rotatable bonds is 4. The molecule has 3 heterocycles. The van der Waals surface area contributed by atoms with E-state index < -0.39 is 0 Å². The fraction of sp³-hybridized carbons (Fsp3) is 0.632. The van der Waals surface area contributed by atoms with Gasteiger partial charge in [-0.3, -0.25) is 9.69 Å². The third-order valence-electron chi connectivity index (χ3n) is 5.46. The van der Waals surface area contributed by atoms with Crippen molar-refractivity contribution in [1.29, 1.82) is 0 Å². The number of fused-ring (bicyclic) bond motifs is 1. The number of anilines is 1. The van der Waals surface area contributed by atoms with Crippen LogP contribution in [0.25, 0.3) is 0 Å². The smallest absolute Gasteiger partial charge is 0.251 e. The molecule has 6 heteroatoms. The largest absolute Gasteiger partial charge is 0.378 e. The fourth-order valence-electron chi connectivity index (χ4n) is 3.96. The van der Waals surface area contributed by atoms with Crippen molar-refractivity contribution in [3.8, 4) is 0 Å². The summed E-state index contributed by atoms with van der Waals surface area (Å²) in [6.07, 6.45) is 2.61. The van der Waals surface area contributed by atoms with Crippen molar-refractivity contribution in [1.82, 2.24) is 10.2 Å². The number of ether oxygens (including phenoxy) is 2. The molecule has 3 aliphatic rings. The highest BCUT2D eigenvalue weighted by Gasteiger charge is 2.32. The van der Waals surface area contributed by atoms with Crippen LogP contribution in [-0.2, 0) is 9.47 Å². The summed E-state index contributed by atoms with van der Waals surface area (Å²) >= 11 is 0. The molecule has 0 bridgehead atoms. The Morgan fingerprint density at radius 1 is 1.16 bits per heavy atom. The van der Waals surface area contributed by atoms with Crippen LogP contribution in [0.2, 0.25) is 0 Å². The Morgan fingerprint density at radius 2 is 1.96 bits per heavy atom. The summed E-state index contributed by atoms with van der Waals surface area (Å²) in [4.78, 5) is 17.2. The van der Waals surface area contributed by atoms with Crippen molar-refractivity contribution in [2.45, 2.75) is 25.0 Å². The summed E-state index contributed by atoms with van der Waals surface area (Å²) in [7, 11) is 0. The Labute approximate surface area is 149 Å². The third kappa shape index (κ3) is 3.97. The van der Waals surface area contributed by atoms with Crippen LogP contribution in [0.3, 0.4) is 0 Å². The normalized spacial score (nSPS) is 27.1. The number of carbonyl (C=O) groups is 1. The Bertz CT molecular complexity index is 586. The van der Waals surface area contributed by atoms with Crippen LogP contribution in [0.15, 0.2) is 24.3 Å². The van der Waals surface area contributed by atoms with E-state index in [1.165, 1.54) is 19.4 Å². The molecule has 25 heavy (non-hydrogen) atoms. The molecule has 3 fully saturated rings. The number of hydrogen-bond acceptors (Lipinski definition) is 5. The molecule has 3 saturated heterocycles. The lowest BCUT2D eigenvalue weighted by Gasteiger charge is -2.35. The van der Waals surface area contributed by atoms with E-state index in [2.05, 4.69) is 15.1 Å². The van der Waals surface area contributed by atoms with Gasteiger partial charge in [0.1, 0.15) is 0 Å². The second-order valence-corrected chi connectivity index (χ2v) is 7.10. The molecular formula is C19H27N3O3. The molecule has 3 aliphatic heterocycles. The van der Waals surface area contributed by atoms with Gasteiger partial charge in [0, 0.05) is 43.5 Å². The summed E-state index contributed by atoms with van der Waals surface area (Å²) in [6.45, 7) is 6.82. The summed E-state index contributed by atoms with van der Waals surface area (Å²) in [6, 6.07) is 8.44. The first-order chi connectivity index (χ1) is 12.3. The monoisotopic (exact) mass is 345 g/mol.